The Morgan fingerprint density at radius 2 is 1.96 bits per heavy atom. The molecule has 1 aromatic carbocycles. The minimum absolute atomic E-state index is 0.0569. The van der Waals surface area contributed by atoms with Crippen LogP contribution in [0.4, 0.5) is 0 Å². The molecular weight excluding hydrogens is 322 g/mol. The summed E-state index contributed by atoms with van der Waals surface area (Å²) in [6.45, 7) is 2.08. The first kappa shape index (κ1) is 17.1. The summed E-state index contributed by atoms with van der Waals surface area (Å²) in [4.78, 5) is 24.5. The molecule has 0 saturated carbocycles. The van der Waals surface area contributed by atoms with E-state index in [1.165, 1.54) is 0 Å². The van der Waals surface area contributed by atoms with E-state index in [9.17, 15) is 9.59 Å². The van der Waals surface area contributed by atoms with Crippen LogP contribution in [0.15, 0.2) is 22.6 Å². The summed E-state index contributed by atoms with van der Waals surface area (Å²) >= 11 is 0. The Labute approximate surface area is 146 Å². The van der Waals surface area contributed by atoms with Crippen molar-refractivity contribution in [2.75, 3.05) is 14.2 Å². The first-order valence-corrected chi connectivity index (χ1v) is 8.19. The molecule has 132 valence electrons. The second-order valence-corrected chi connectivity index (χ2v) is 6.00. The van der Waals surface area contributed by atoms with Crippen LogP contribution in [0.2, 0.25) is 0 Å². The minimum atomic E-state index is -0.325. The van der Waals surface area contributed by atoms with Crippen LogP contribution in [-0.4, -0.2) is 25.9 Å². The number of ketones is 1. The molecule has 1 aliphatic rings. The van der Waals surface area contributed by atoms with Gasteiger partial charge in [0.25, 0.3) is 5.91 Å². The predicted octanol–water partition coefficient (Wildman–Crippen LogP) is 3.05. The SMILES string of the molecule is COc1ccc(CNC(=O)c2oc3c(c2C)C(=O)CCC3)cc1OC. The largest absolute Gasteiger partial charge is 0.493 e. The van der Waals surface area contributed by atoms with Crippen LogP contribution >= 0.6 is 0 Å². The van der Waals surface area contributed by atoms with Crippen LogP contribution < -0.4 is 14.8 Å². The molecule has 1 aliphatic carbocycles. The van der Waals surface area contributed by atoms with Crippen LogP contribution in [0.25, 0.3) is 0 Å². The fourth-order valence-electron chi connectivity index (χ4n) is 3.12. The second kappa shape index (κ2) is 7.01. The van der Waals surface area contributed by atoms with Gasteiger partial charge in [0.1, 0.15) is 5.76 Å². The van der Waals surface area contributed by atoms with Gasteiger partial charge >= 0.3 is 0 Å². The normalized spacial score (nSPS) is 13.3. The molecule has 1 heterocycles. The van der Waals surface area contributed by atoms with E-state index in [0.717, 1.165) is 12.0 Å². The molecule has 6 nitrogen and oxygen atoms in total. The number of furan rings is 1. The molecule has 0 bridgehead atoms. The van der Waals surface area contributed by atoms with Crippen LogP contribution in [0.1, 0.15) is 50.6 Å². The molecule has 6 heteroatoms. The van der Waals surface area contributed by atoms with Crippen molar-refractivity contribution < 1.29 is 23.5 Å². The van der Waals surface area contributed by atoms with Gasteiger partial charge in [-0.05, 0) is 31.0 Å². The maximum Gasteiger partial charge on any atom is 0.287 e. The Hall–Kier alpha value is -2.76. The third-order valence-electron chi connectivity index (χ3n) is 4.41. The minimum Gasteiger partial charge on any atom is -0.493 e. The van der Waals surface area contributed by atoms with Crippen molar-refractivity contribution in [3.63, 3.8) is 0 Å². The number of amides is 1. The van der Waals surface area contributed by atoms with Gasteiger partial charge in [-0.25, -0.2) is 0 Å². The van der Waals surface area contributed by atoms with Crippen LogP contribution in [-0.2, 0) is 13.0 Å². The predicted molar refractivity (Wildman–Crippen MR) is 91.4 cm³/mol. The zero-order valence-electron chi connectivity index (χ0n) is 14.6. The van der Waals surface area contributed by atoms with Gasteiger partial charge in [-0.15, -0.1) is 0 Å². The van der Waals surface area contributed by atoms with Gasteiger partial charge in [-0.2, -0.15) is 0 Å². The lowest BCUT2D eigenvalue weighted by molar-refractivity contribution is 0.0917. The standard InChI is InChI=1S/C19H21NO5/c1-11-17-13(21)5-4-6-15(17)25-18(11)19(22)20-10-12-7-8-14(23-2)16(9-12)24-3/h7-9H,4-6,10H2,1-3H3,(H,20,22). The number of ether oxygens (including phenoxy) is 2. The summed E-state index contributed by atoms with van der Waals surface area (Å²) < 4.78 is 16.1. The second-order valence-electron chi connectivity index (χ2n) is 6.00. The molecule has 0 saturated heterocycles. The number of aryl methyl sites for hydroxylation is 1. The highest BCUT2D eigenvalue weighted by Crippen LogP contribution is 2.30. The number of Topliss-reactive ketones (excluding diaryl/α,β-unsaturated/α-hetero) is 1. The highest BCUT2D eigenvalue weighted by molar-refractivity contribution is 6.03. The lowest BCUT2D eigenvalue weighted by atomic mass is 9.94. The molecule has 25 heavy (non-hydrogen) atoms. The van der Waals surface area contributed by atoms with Gasteiger partial charge in [0.15, 0.2) is 23.0 Å². The molecule has 0 fully saturated rings. The van der Waals surface area contributed by atoms with Crippen molar-refractivity contribution in [3.8, 4) is 11.5 Å². The summed E-state index contributed by atoms with van der Waals surface area (Å²) in [7, 11) is 3.13. The summed E-state index contributed by atoms with van der Waals surface area (Å²) in [6.07, 6.45) is 1.98. The van der Waals surface area contributed by atoms with Crippen molar-refractivity contribution in [2.45, 2.75) is 32.7 Å². The third-order valence-corrected chi connectivity index (χ3v) is 4.41. The highest BCUT2D eigenvalue weighted by atomic mass is 16.5. The zero-order valence-corrected chi connectivity index (χ0v) is 14.6. The van der Waals surface area contributed by atoms with Gasteiger partial charge in [-0.3, -0.25) is 9.59 Å². The number of carbonyl (C=O) groups excluding carboxylic acids is 2. The Bertz CT molecular complexity index is 821. The van der Waals surface area contributed by atoms with Crippen molar-refractivity contribution in [3.05, 3.63) is 46.4 Å². The molecule has 2 aromatic rings. The molecule has 0 unspecified atom stereocenters. The Kier molecular flexibility index (Phi) is 4.79. The average molecular weight is 343 g/mol. The van der Waals surface area contributed by atoms with Gasteiger partial charge < -0.3 is 19.2 Å². The van der Waals surface area contributed by atoms with Crippen molar-refractivity contribution in [1.82, 2.24) is 5.32 Å². The number of hydrogen-bond acceptors (Lipinski definition) is 5. The molecule has 0 spiro atoms. The zero-order chi connectivity index (χ0) is 18.0. The van der Waals surface area contributed by atoms with Crippen LogP contribution in [0.3, 0.4) is 0 Å². The maximum absolute atomic E-state index is 12.5. The van der Waals surface area contributed by atoms with E-state index in [-0.39, 0.29) is 17.5 Å². The van der Waals surface area contributed by atoms with Gasteiger partial charge in [0.2, 0.25) is 0 Å². The van der Waals surface area contributed by atoms with Gasteiger partial charge in [0, 0.05) is 24.9 Å². The Morgan fingerprint density at radius 3 is 2.64 bits per heavy atom. The number of benzene rings is 1. The lowest BCUT2D eigenvalue weighted by Gasteiger charge is -2.10. The van der Waals surface area contributed by atoms with E-state index >= 15 is 0 Å². The third kappa shape index (κ3) is 3.24. The fourth-order valence-corrected chi connectivity index (χ4v) is 3.12. The van der Waals surface area contributed by atoms with Gasteiger partial charge in [-0.1, -0.05) is 6.07 Å². The van der Waals surface area contributed by atoms with E-state index in [2.05, 4.69) is 5.32 Å². The van der Waals surface area contributed by atoms with E-state index in [1.54, 1.807) is 27.2 Å². The summed E-state index contributed by atoms with van der Waals surface area (Å²) in [5.41, 5.74) is 2.09. The monoisotopic (exact) mass is 343 g/mol. The molecule has 3 rings (SSSR count). The Morgan fingerprint density at radius 1 is 1.20 bits per heavy atom. The van der Waals surface area contributed by atoms with E-state index < -0.39 is 0 Å². The highest BCUT2D eigenvalue weighted by Gasteiger charge is 2.28. The lowest BCUT2D eigenvalue weighted by Crippen LogP contribution is -2.23. The summed E-state index contributed by atoms with van der Waals surface area (Å²) in [6, 6.07) is 5.45. The van der Waals surface area contributed by atoms with Crippen molar-refractivity contribution >= 4 is 11.7 Å². The smallest absolute Gasteiger partial charge is 0.287 e. The van der Waals surface area contributed by atoms with E-state index in [0.29, 0.717) is 47.8 Å². The summed E-state index contributed by atoms with van der Waals surface area (Å²) in [5, 5.41) is 2.83. The average Bonchev–Trinajstić information content (AvgIpc) is 2.97. The quantitative estimate of drug-likeness (QED) is 0.903. The van der Waals surface area contributed by atoms with E-state index in [1.807, 2.05) is 12.1 Å². The molecular formula is C19H21NO5. The molecule has 1 aromatic heterocycles. The maximum atomic E-state index is 12.5. The first-order valence-electron chi connectivity index (χ1n) is 8.19. The molecule has 0 radical (unpaired) electrons. The number of methoxy groups -OCH3 is 2. The van der Waals surface area contributed by atoms with Crippen LogP contribution in [0, 0.1) is 6.92 Å². The van der Waals surface area contributed by atoms with Crippen molar-refractivity contribution in [2.24, 2.45) is 0 Å². The number of rotatable bonds is 5. The molecule has 0 atom stereocenters. The van der Waals surface area contributed by atoms with Gasteiger partial charge in [0.05, 0.1) is 19.8 Å². The number of carbonyl (C=O) groups is 2. The molecule has 1 N–H and O–H groups in total. The van der Waals surface area contributed by atoms with E-state index in [4.69, 9.17) is 13.9 Å². The number of fused-ring (bicyclic) bond motifs is 1. The first-order chi connectivity index (χ1) is 12.0. The fraction of sp³-hybridized carbons (Fsp3) is 0.368. The number of nitrogens with one attached hydrogen (secondary N) is 1. The topological polar surface area (TPSA) is 77.8 Å². The molecule has 1 amide bonds. The summed E-state index contributed by atoms with van der Waals surface area (Å²) in [5.74, 6) is 1.82. The number of hydrogen-bond donors (Lipinski definition) is 1. The van der Waals surface area contributed by atoms with Crippen LogP contribution in [0.5, 0.6) is 11.5 Å². The Balaban J connectivity index is 1.74. The van der Waals surface area contributed by atoms with Crippen molar-refractivity contribution in [1.29, 1.82) is 0 Å². The molecule has 0 aliphatic heterocycles.